The average Bonchev–Trinajstić information content (AvgIpc) is 2.59. The molecular weight excluding hydrogens is 288 g/mol. The van der Waals surface area contributed by atoms with Gasteiger partial charge in [-0.3, -0.25) is 4.98 Å². The molecule has 1 aromatic carbocycles. The number of benzene rings is 1. The number of nitrogens with one attached hydrogen (secondary N) is 3. The van der Waals surface area contributed by atoms with Gasteiger partial charge in [-0.25, -0.2) is 0 Å². The molecule has 116 valence electrons. The van der Waals surface area contributed by atoms with Gasteiger partial charge in [0.1, 0.15) is 5.75 Å². The highest BCUT2D eigenvalue weighted by Gasteiger charge is 2.09. The Labute approximate surface area is 134 Å². The summed E-state index contributed by atoms with van der Waals surface area (Å²) in [6.45, 7) is 1.65. The molecule has 5 nitrogen and oxygen atoms in total. The summed E-state index contributed by atoms with van der Waals surface area (Å²) in [6, 6.07) is 6.98. The number of allylic oxidation sites excluding steroid dienone is 2. The first kappa shape index (κ1) is 15.1. The molecule has 2 heterocycles. The Morgan fingerprint density at radius 1 is 1.22 bits per heavy atom. The standard InChI is InChI=1S/C18H18N4O/c19-15(12-5-8-21-9-6-12)3-4-16(20)14-11-17-13(10-18(14)23)2-1-7-22-17/h1-5,7,10-11,19-21,23H,6,8-9H2/b4-3-,19-15?,20-16?. The second kappa shape index (κ2) is 6.54. The molecule has 0 radical (unpaired) electrons. The minimum atomic E-state index is 0.0489. The van der Waals surface area contributed by atoms with E-state index in [1.807, 2.05) is 12.1 Å². The lowest BCUT2D eigenvalue weighted by Crippen LogP contribution is -2.22. The first-order valence-corrected chi connectivity index (χ1v) is 7.48. The Balaban J connectivity index is 1.82. The number of rotatable bonds is 4. The predicted molar refractivity (Wildman–Crippen MR) is 92.7 cm³/mol. The molecule has 0 saturated heterocycles. The average molecular weight is 306 g/mol. The lowest BCUT2D eigenvalue weighted by molar-refractivity contribution is 0.475. The molecule has 23 heavy (non-hydrogen) atoms. The van der Waals surface area contributed by atoms with Crippen molar-refractivity contribution in [3.8, 4) is 5.75 Å². The maximum atomic E-state index is 10.1. The first-order valence-electron chi connectivity index (χ1n) is 7.48. The van der Waals surface area contributed by atoms with Gasteiger partial charge in [0.15, 0.2) is 0 Å². The van der Waals surface area contributed by atoms with Crippen LogP contribution in [0.25, 0.3) is 10.9 Å². The van der Waals surface area contributed by atoms with E-state index in [4.69, 9.17) is 10.8 Å². The molecule has 0 aliphatic carbocycles. The number of nitrogens with zero attached hydrogens (tertiary/aromatic N) is 1. The van der Waals surface area contributed by atoms with Crippen molar-refractivity contribution in [2.24, 2.45) is 0 Å². The van der Waals surface area contributed by atoms with Crippen molar-refractivity contribution >= 4 is 22.3 Å². The van der Waals surface area contributed by atoms with Crippen molar-refractivity contribution < 1.29 is 5.11 Å². The SMILES string of the molecule is N=C(/C=C\C(=N)c1cc2ncccc2cc1O)C1=CCNCC1. The predicted octanol–water partition coefficient (Wildman–Crippen LogP) is 2.80. The molecule has 1 aliphatic rings. The quantitative estimate of drug-likeness (QED) is 0.654. The molecule has 1 aliphatic heterocycles. The normalized spacial score (nSPS) is 14.9. The van der Waals surface area contributed by atoms with Crippen molar-refractivity contribution in [3.63, 3.8) is 0 Å². The van der Waals surface area contributed by atoms with E-state index >= 15 is 0 Å². The van der Waals surface area contributed by atoms with Crippen LogP contribution in [0.2, 0.25) is 0 Å². The summed E-state index contributed by atoms with van der Waals surface area (Å²) in [5, 5.41) is 30.4. The molecule has 0 spiro atoms. The lowest BCUT2D eigenvalue weighted by Gasteiger charge is -2.12. The van der Waals surface area contributed by atoms with Crippen LogP contribution in [-0.2, 0) is 0 Å². The second-order valence-electron chi connectivity index (χ2n) is 5.41. The van der Waals surface area contributed by atoms with Crippen LogP contribution in [0.1, 0.15) is 12.0 Å². The largest absolute Gasteiger partial charge is 0.507 e. The van der Waals surface area contributed by atoms with E-state index in [0.29, 0.717) is 11.3 Å². The molecule has 0 bridgehead atoms. The van der Waals surface area contributed by atoms with Gasteiger partial charge in [0.25, 0.3) is 0 Å². The van der Waals surface area contributed by atoms with Crippen LogP contribution in [-0.4, -0.2) is 34.6 Å². The zero-order valence-electron chi connectivity index (χ0n) is 12.6. The van der Waals surface area contributed by atoms with Crippen molar-refractivity contribution in [3.05, 3.63) is 59.8 Å². The third-order valence-corrected chi connectivity index (χ3v) is 3.84. The Morgan fingerprint density at radius 2 is 2.04 bits per heavy atom. The van der Waals surface area contributed by atoms with Crippen LogP contribution in [0.15, 0.2) is 54.3 Å². The Kier molecular flexibility index (Phi) is 4.30. The summed E-state index contributed by atoms with van der Waals surface area (Å²) in [7, 11) is 0. The highest BCUT2D eigenvalue weighted by molar-refractivity contribution is 6.15. The summed E-state index contributed by atoms with van der Waals surface area (Å²) in [5.41, 5.74) is 2.70. The van der Waals surface area contributed by atoms with Crippen molar-refractivity contribution in [1.82, 2.24) is 10.3 Å². The first-order chi connectivity index (χ1) is 11.1. The van der Waals surface area contributed by atoms with E-state index in [9.17, 15) is 5.11 Å². The number of pyridine rings is 1. The number of aromatic nitrogens is 1. The number of phenolic OH excluding ortho intramolecular Hbond substituents is 1. The third-order valence-electron chi connectivity index (χ3n) is 3.84. The number of phenols is 1. The van der Waals surface area contributed by atoms with Gasteiger partial charge in [-0.05, 0) is 48.9 Å². The molecular formula is C18H18N4O. The monoisotopic (exact) mass is 306 g/mol. The molecule has 1 aromatic heterocycles. The van der Waals surface area contributed by atoms with Crippen LogP contribution in [0.5, 0.6) is 5.75 Å². The summed E-state index contributed by atoms with van der Waals surface area (Å²) in [4.78, 5) is 4.24. The Morgan fingerprint density at radius 3 is 2.83 bits per heavy atom. The van der Waals surface area contributed by atoms with E-state index in [1.165, 1.54) is 0 Å². The topological polar surface area (TPSA) is 92.9 Å². The van der Waals surface area contributed by atoms with E-state index < -0.39 is 0 Å². The van der Waals surface area contributed by atoms with Gasteiger partial charge in [0.2, 0.25) is 0 Å². The summed E-state index contributed by atoms with van der Waals surface area (Å²) < 4.78 is 0. The Hall–Kier alpha value is -2.79. The van der Waals surface area contributed by atoms with Crippen LogP contribution < -0.4 is 5.32 Å². The molecule has 0 amide bonds. The Bertz CT molecular complexity index is 836. The lowest BCUT2D eigenvalue weighted by atomic mass is 10.0. The number of aromatic hydroxyl groups is 1. The number of hydrogen-bond acceptors (Lipinski definition) is 5. The summed E-state index contributed by atoms with van der Waals surface area (Å²) >= 11 is 0. The van der Waals surface area contributed by atoms with Gasteiger partial charge < -0.3 is 21.2 Å². The van der Waals surface area contributed by atoms with Crippen molar-refractivity contribution in [2.45, 2.75) is 6.42 Å². The molecule has 3 rings (SSSR count). The number of fused-ring (bicyclic) bond motifs is 1. The van der Waals surface area contributed by atoms with Gasteiger partial charge in [-0.15, -0.1) is 0 Å². The minimum absolute atomic E-state index is 0.0489. The molecule has 0 saturated carbocycles. The fraction of sp³-hybridized carbons (Fsp3) is 0.167. The highest BCUT2D eigenvalue weighted by Crippen LogP contribution is 2.24. The van der Waals surface area contributed by atoms with Crippen LogP contribution in [0.4, 0.5) is 0 Å². The maximum Gasteiger partial charge on any atom is 0.125 e. The number of hydrogen-bond donors (Lipinski definition) is 4. The smallest absolute Gasteiger partial charge is 0.125 e. The molecule has 4 N–H and O–H groups in total. The van der Waals surface area contributed by atoms with Crippen LogP contribution in [0, 0.1) is 10.8 Å². The van der Waals surface area contributed by atoms with Gasteiger partial charge >= 0.3 is 0 Å². The third kappa shape index (κ3) is 3.35. The fourth-order valence-corrected chi connectivity index (χ4v) is 2.55. The molecule has 0 fully saturated rings. The second-order valence-corrected chi connectivity index (χ2v) is 5.41. The van der Waals surface area contributed by atoms with E-state index in [1.54, 1.807) is 36.5 Å². The van der Waals surface area contributed by atoms with Gasteiger partial charge in [0.05, 0.1) is 16.9 Å². The van der Waals surface area contributed by atoms with Crippen LogP contribution in [0.3, 0.4) is 0 Å². The maximum absolute atomic E-state index is 10.1. The zero-order valence-corrected chi connectivity index (χ0v) is 12.6. The van der Waals surface area contributed by atoms with E-state index in [-0.39, 0.29) is 11.5 Å². The van der Waals surface area contributed by atoms with Crippen molar-refractivity contribution in [1.29, 1.82) is 10.8 Å². The van der Waals surface area contributed by atoms with Gasteiger partial charge in [-0.2, -0.15) is 0 Å². The molecule has 2 aromatic rings. The van der Waals surface area contributed by atoms with Gasteiger partial charge in [-0.1, -0.05) is 12.1 Å². The minimum Gasteiger partial charge on any atom is -0.507 e. The molecule has 0 unspecified atom stereocenters. The fourth-order valence-electron chi connectivity index (χ4n) is 2.55. The van der Waals surface area contributed by atoms with E-state index in [2.05, 4.69) is 10.3 Å². The summed E-state index contributed by atoms with van der Waals surface area (Å²) in [5.74, 6) is 0.0489. The van der Waals surface area contributed by atoms with Crippen LogP contribution >= 0.6 is 0 Å². The molecule has 5 heteroatoms. The molecule has 0 atom stereocenters. The van der Waals surface area contributed by atoms with Crippen molar-refractivity contribution in [2.75, 3.05) is 13.1 Å². The summed E-state index contributed by atoms with van der Waals surface area (Å²) in [6.07, 6.45) is 7.66. The van der Waals surface area contributed by atoms with E-state index in [0.717, 1.165) is 36.0 Å². The zero-order chi connectivity index (χ0) is 16.2. The highest BCUT2D eigenvalue weighted by atomic mass is 16.3. The van der Waals surface area contributed by atoms with Gasteiger partial charge in [0, 0.05) is 23.7 Å².